The quantitative estimate of drug-likeness (QED) is 0.0373. The van der Waals surface area contributed by atoms with Gasteiger partial charge in [0.25, 0.3) is 18.2 Å². The van der Waals surface area contributed by atoms with E-state index in [0.717, 1.165) is 57.8 Å². The lowest BCUT2D eigenvalue weighted by molar-refractivity contribution is -0.120. The summed E-state index contributed by atoms with van der Waals surface area (Å²) in [6.07, 6.45) is 9.01. The Hall–Kier alpha value is -7.01. The highest BCUT2D eigenvalue weighted by atomic mass is 35.5. The van der Waals surface area contributed by atoms with E-state index in [4.69, 9.17) is 32.4 Å². The smallest absolute Gasteiger partial charge is 0.284 e. The van der Waals surface area contributed by atoms with Gasteiger partial charge in [-0.2, -0.15) is 10.4 Å². The van der Waals surface area contributed by atoms with Gasteiger partial charge in [-0.3, -0.25) is 19.1 Å². The summed E-state index contributed by atoms with van der Waals surface area (Å²) in [5, 5.41) is 27.2. The number of hydrogen-bond donors (Lipinski definition) is 4. The summed E-state index contributed by atoms with van der Waals surface area (Å²) in [5.41, 5.74) is -1.54. The number of nitrogens with zero attached hydrogens (tertiary/aromatic N) is 6. The van der Waals surface area contributed by atoms with Crippen molar-refractivity contribution in [3.63, 3.8) is 0 Å². The van der Waals surface area contributed by atoms with E-state index in [1.54, 1.807) is 41.2 Å². The average molecular weight is 1170 g/mol. The second-order valence-corrected chi connectivity index (χ2v) is 24.1. The Bertz CT molecular complexity index is 3310. The second-order valence-electron chi connectivity index (χ2n) is 23.3. The number of alkyl halides is 2. The Kier molecular flexibility index (Phi) is 18.6. The van der Waals surface area contributed by atoms with Gasteiger partial charge in [-0.1, -0.05) is 62.2 Å². The first-order chi connectivity index (χ1) is 39.2. The number of nitriles is 1. The lowest BCUT2D eigenvalue weighted by Crippen LogP contribution is -2.39. The molecule has 3 aliphatic rings. The van der Waals surface area contributed by atoms with E-state index in [2.05, 4.69) is 54.4 Å². The minimum absolute atomic E-state index is 0.0138. The third kappa shape index (κ3) is 13.7. The molecule has 3 saturated carbocycles. The first-order valence-electron chi connectivity index (χ1n) is 27.9. The summed E-state index contributed by atoms with van der Waals surface area (Å²) < 4.78 is 73.8. The van der Waals surface area contributed by atoms with Gasteiger partial charge in [-0.15, -0.1) is 0 Å². The number of amides is 3. The van der Waals surface area contributed by atoms with Crippen molar-refractivity contribution in [2.75, 3.05) is 56.3 Å². The third-order valence-electron chi connectivity index (χ3n) is 16.1. The van der Waals surface area contributed by atoms with Crippen LogP contribution >= 0.6 is 23.2 Å². The molecule has 0 spiro atoms. The summed E-state index contributed by atoms with van der Waals surface area (Å²) in [4.78, 5) is 52.3. The van der Waals surface area contributed by atoms with Gasteiger partial charge in [0.05, 0.1) is 41.0 Å². The van der Waals surface area contributed by atoms with Crippen molar-refractivity contribution in [3.8, 4) is 23.3 Å². The second kappa shape index (κ2) is 25.6. The number of benzene rings is 3. The number of pyridine rings is 1. The number of methoxy groups -OCH3 is 1. The van der Waals surface area contributed by atoms with Crippen molar-refractivity contribution in [1.29, 1.82) is 5.26 Å². The van der Waals surface area contributed by atoms with Crippen LogP contribution in [0, 0.1) is 52.1 Å². The van der Waals surface area contributed by atoms with Gasteiger partial charge in [0.15, 0.2) is 11.4 Å². The normalized spacial score (nSPS) is 20.9. The molecule has 3 aliphatic carbocycles. The zero-order valence-electron chi connectivity index (χ0n) is 46.5. The maximum absolute atomic E-state index is 16.2. The minimum Gasteiger partial charge on any atom is -0.495 e. The number of nitrogens with one attached hydrogen (secondary N) is 4. The number of rotatable bonds is 22. The molecule has 21 heteroatoms. The van der Waals surface area contributed by atoms with Crippen molar-refractivity contribution < 1.29 is 41.1 Å². The molecular formula is C61H68Cl2F4N10O5. The van der Waals surface area contributed by atoms with Crippen LogP contribution in [0.1, 0.15) is 141 Å². The molecule has 1 unspecified atom stereocenters. The molecule has 0 bridgehead atoms. The molecule has 0 radical (unpaired) electrons. The summed E-state index contributed by atoms with van der Waals surface area (Å²) in [6.45, 7) is 8.84. The topological polar surface area (TPSA) is 192 Å². The van der Waals surface area contributed by atoms with Crippen LogP contribution in [0.15, 0.2) is 89.8 Å². The number of aromatic nitrogens is 4. The molecule has 4 atom stereocenters. The zero-order chi connectivity index (χ0) is 58.5. The number of hydrogen-bond acceptors (Lipinski definition) is 11. The molecule has 0 aliphatic heterocycles. The Morgan fingerprint density at radius 3 is 2.43 bits per heavy atom. The first kappa shape index (κ1) is 59.6. The van der Waals surface area contributed by atoms with Crippen LogP contribution in [0.4, 0.5) is 34.8 Å². The standard InChI is InChI=1S/C61H68Cl2F4N10O5/c1-60(2,3)29-39-27-43(52(42-9-8-10-45(63)53(42)65)61(39,34-68)44-19-16-40(62)28-46(44)64)57(79)72-47-20-15-37(25-50(47)81-5)56(78)70-22-6-7-24-76(4)31-36-13-17-41(18-14-36)77-32-48(54(75-77)55(66)67)73-58(80)49-33-82-59(74-49)38-21-23-69-51(26-38)71-30-35-11-12-35/h8-10,15-16,19-21,23,25-26,28,32-33,35-36,39,41,43,52,55H,6-7,11-14,17-18,22,24,27,29-31H2,1-5H3,(H,69,71)(H,70,78)(H,72,79)(H,73,80)/t36?,39-,41?,43?,52-,61+/m0/s1. The SMILES string of the molecule is COc1cc(C(=O)NCCCCN(C)CC2CCC(n3cc(NC(=O)c4coc(-c5ccnc(NCC6CC6)c5)n4)c(C(F)F)n3)CC2)ccc1NC(=O)C1C[C@@H](CC(C)(C)C)[C@](C#N)(c2ccc(Cl)cc2F)[C@H]1c1cccc(Cl)c1F. The lowest BCUT2D eigenvalue weighted by Gasteiger charge is -2.38. The highest BCUT2D eigenvalue weighted by Crippen LogP contribution is 2.61. The van der Waals surface area contributed by atoms with E-state index in [9.17, 15) is 28.4 Å². The number of anilines is 3. The van der Waals surface area contributed by atoms with Crippen molar-refractivity contribution >= 4 is 58.1 Å². The molecule has 0 saturated heterocycles. The van der Waals surface area contributed by atoms with Crippen LogP contribution in [-0.4, -0.2) is 82.7 Å². The molecule has 4 N–H and O–H groups in total. The summed E-state index contributed by atoms with van der Waals surface area (Å²) in [5.74, 6) is -3.84. The molecule has 9 rings (SSSR count). The fourth-order valence-electron chi connectivity index (χ4n) is 12.0. The van der Waals surface area contributed by atoms with Gasteiger partial charge in [-0.25, -0.2) is 27.5 Å². The number of halogens is 6. The van der Waals surface area contributed by atoms with Gasteiger partial charge >= 0.3 is 0 Å². The maximum atomic E-state index is 16.2. The Balaban J connectivity index is 0.749. The van der Waals surface area contributed by atoms with E-state index in [0.29, 0.717) is 48.2 Å². The van der Waals surface area contributed by atoms with Crippen LogP contribution in [0.5, 0.6) is 5.75 Å². The van der Waals surface area contributed by atoms with Crippen LogP contribution in [-0.2, 0) is 10.2 Å². The summed E-state index contributed by atoms with van der Waals surface area (Å²) in [7, 11) is 3.46. The predicted molar refractivity (Wildman–Crippen MR) is 306 cm³/mol. The highest BCUT2D eigenvalue weighted by molar-refractivity contribution is 6.31. The van der Waals surface area contributed by atoms with E-state index in [1.165, 1.54) is 62.7 Å². The van der Waals surface area contributed by atoms with Crippen molar-refractivity contribution in [3.05, 3.63) is 135 Å². The Morgan fingerprint density at radius 2 is 1.72 bits per heavy atom. The molecule has 3 fully saturated rings. The van der Waals surface area contributed by atoms with Gasteiger partial charge in [-0.05, 0) is 155 Å². The minimum atomic E-state index is -2.91. The molecule has 3 amide bonds. The monoisotopic (exact) mass is 1170 g/mol. The largest absolute Gasteiger partial charge is 0.495 e. The zero-order valence-corrected chi connectivity index (χ0v) is 48.0. The van der Waals surface area contributed by atoms with Gasteiger partial charge in [0, 0.05) is 65.6 Å². The lowest BCUT2D eigenvalue weighted by atomic mass is 9.62. The van der Waals surface area contributed by atoms with Gasteiger partial charge in [0.2, 0.25) is 11.8 Å². The van der Waals surface area contributed by atoms with Gasteiger partial charge in [0.1, 0.15) is 29.5 Å². The number of oxazole rings is 1. The maximum Gasteiger partial charge on any atom is 0.284 e. The van der Waals surface area contributed by atoms with Crippen molar-refractivity contribution in [1.82, 2.24) is 30.0 Å². The van der Waals surface area contributed by atoms with Crippen LogP contribution in [0.3, 0.4) is 0 Å². The van der Waals surface area contributed by atoms with E-state index < -0.39 is 58.7 Å². The number of carbonyl (C=O) groups excluding carboxylic acids is 3. The third-order valence-corrected chi connectivity index (χ3v) is 16.6. The van der Waals surface area contributed by atoms with E-state index in [-0.39, 0.29) is 73.7 Å². The molecule has 82 heavy (non-hydrogen) atoms. The summed E-state index contributed by atoms with van der Waals surface area (Å²) >= 11 is 12.5. The summed E-state index contributed by atoms with van der Waals surface area (Å²) in [6, 6.07) is 18.9. The molecule has 434 valence electrons. The fraction of sp³-hybridized carbons (Fsp3) is 0.459. The predicted octanol–water partition coefficient (Wildman–Crippen LogP) is 13.7. The van der Waals surface area contributed by atoms with E-state index >= 15 is 8.78 Å². The molecule has 3 aromatic heterocycles. The molecule has 15 nitrogen and oxygen atoms in total. The average Bonchev–Trinajstić information content (AvgIpc) is 3.59. The molecule has 6 aromatic rings. The van der Waals surface area contributed by atoms with Crippen LogP contribution in [0.2, 0.25) is 10.0 Å². The van der Waals surface area contributed by atoms with Gasteiger partial charge < -0.3 is 35.3 Å². The van der Waals surface area contributed by atoms with Crippen molar-refractivity contribution in [2.24, 2.45) is 29.1 Å². The number of ether oxygens (including phenoxy) is 1. The molecule has 3 aromatic carbocycles. The first-order valence-corrected chi connectivity index (χ1v) is 28.6. The Morgan fingerprint density at radius 1 is 0.951 bits per heavy atom. The molecule has 3 heterocycles. The number of carbonyl (C=O) groups is 3. The Labute approximate surface area is 484 Å². The van der Waals surface area contributed by atoms with Crippen molar-refractivity contribution in [2.45, 2.75) is 109 Å². The van der Waals surface area contributed by atoms with Crippen LogP contribution < -0.4 is 26.0 Å². The van der Waals surface area contributed by atoms with Crippen LogP contribution in [0.25, 0.3) is 11.5 Å². The van der Waals surface area contributed by atoms with E-state index in [1.807, 2.05) is 20.8 Å². The highest BCUT2D eigenvalue weighted by Gasteiger charge is 2.61. The fourth-order valence-corrected chi connectivity index (χ4v) is 12.3. The number of unbranched alkanes of at least 4 members (excludes halogenated alkanes) is 1. The molecular weight excluding hydrogens is 1100 g/mol.